The van der Waals surface area contributed by atoms with Gasteiger partial charge in [-0.2, -0.15) is 13.2 Å². The molecule has 6 heteroatoms. The van der Waals surface area contributed by atoms with Crippen LogP contribution in [0.4, 0.5) is 22.0 Å². The van der Waals surface area contributed by atoms with Crippen molar-refractivity contribution in [3.8, 4) is 11.8 Å². The fourth-order valence-corrected chi connectivity index (χ4v) is 4.17. The summed E-state index contributed by atoms with van der Waals surface area (Å²) in [4.78, 5) is 0. The van der Waals surface area contributed by atoms with Crippen molar-refractivity contribution in [1.82, 2.24) is 0 Å². The Balaban J connectivity index is 1.46. The number of hydrogen-bond donors (Lipinski definition) is 0. The van der Waals surface area contributed by atoms with E-state index in [0.717, 1.165) is 49.0 Å². The standard InChI is InChI=1S/C27H23F5O/c1-17-2-8-21(16-33-17)20-9-5-18(6-10-20)3-4-19-7-11-23-22(14-19)15-25(28)24(26(23)29)12-13-27(30,31)32/h5-7,9-11,14-15,17,21H,2-4,8,16H2,1H3. The molecule has 1 fully saturated rings. The smallest absolute Gasteiger partial charge is 0.378 e. The van der Waals surface area contributed by atoms with Gasteiger partial charge in [0.05, 0.1) is 18.3 Å². The molecule has 0 bridgehead atoms. The highest BCUT2D eigenvalue weighted by molar-refractivity contribution is 5.85. The van der Waals surface area contributed by atoms with Crippen molar-refractivity contribution in [3.63, 3.8) is 0 Å². The summed E-state index contributed by atoms with van der Waals surface area (Å²) in [5.74, 6) is 0.734. The molecule has 3 aromatic carbocycles. The van der Waals surface area contributed by atoms with Crippen LogP contribution < -0.4 is 0 Å². The van der Waals surface area contributed by atoms with Crippen molar-refractivity contribution < 1.29 is 26.7 Å². The summed E-state index contributed by atoms with van der Waals surface area (Å²) in [5.41, 5.74) is 2.44. The molecule has 0 saturated carbocycles. The average Bonchev–Trinajstić information content (AvgIpc) is 2.77. The Labute approximate surface area is 189 Å². The zero-order valence-corrected chi connectivity index (χ0v) is 18.1. The van der Waals surface area contributed by atoms with Crippen LogP contribution in [0, 0.1) is 23.5 Å². The highest BCUT2D eigenvalue weighted by Gasteiger charge is 2.24. The fourth-order valence-electron chi connectivity index (χ4n) is 4.17. The molecule has 1 heterocycles. The second kappa shape index (κ2) is 9.52. The highest BCUT2D eigenvalue weighted by atomic mass is 19.4. The van der Waals surface area contributed by atoms with Gasteiger partial charge >= 0.3 is 6.18 Å². The Hall–Kier alpha value is -2.91. The first-order valence-electron chi connectivity index (χ1n) is 10.9. The van der Waals surface area contributed by atoms with Crippen LogP contribution >= 0.6 is 0 Å². The van der Waals surface area contributed by atoms with Gasteiger partial charge in [0.1, 0.15) is 11.6 Å². The minimum Gasteiger partial charge on any atom is -0.378 e. The van der Waals surface area contributed by atoms with Crippen LogP contribution in [-0.2, 0) is 17.6 Å². The first-order valence-corrected chi connectivity index (χ1v) is 10.9. The van der Waals surface area contributed by atoms with E-state index in [2.05, 4.69) is 31.2 Å². The van der Waals surface area contributed by atoms with Crippen molar-refractivity contribution in [1.29, 1.82) is 0 Å². The van der Waals surface area contributed by atoms with E-state index in [4.69, 9.17) is 4.74 Å². The summed E-state index contributed by atoms with van der Waals surface area (Å²) in [6.07, 6.45) is -0.898. The first kappa shape index (κ1) is 23.3. The third-order valence-corrected chi connectivity index (χ3v) is 6.08. The van der Waals surface area contributed by atoms with E-state index in [0.29, 0.717) is 23.8 Å². The lowest BCUT2D eigenvalue weighted by atomic mass is 9.90. The summed E-state index contributed by atoms with van der Waals surface area (Å²) in [5, 5.41) is 0.335. The van der Waals surface area contributed by atoms with E-state index >= 15 is 0 Å². The van der Waals surface area contributed by atoms with Crippen LogP contribution in [0.1, 0.15) is 47.9 Å². The molecule has 0 spiro atoms. The van der Waals surface area contributed by atoms with Gasteiger partial charge in [-0.1, -0.05) is 48.4 Å². The molecule has 0 aliphatic carbocycles. The largest absolute Gasteiger partial charge is 0.458 e. The van der Waals surface area contributed by atoms with Crippen molar-refractivity contribution in [2.24, 2.45) is 0 Å². The predicted octanol–water partition coefficient (Wildman–Crippen LogP) is 7.10. The number of ether oxygens (including phenoxy) is 1. The summed E-state index contributed by atoms with van der Waals surface area (Å²) in [6.45, 7) is 2.84. The van der Waals surface area contributed by atoms with Crippen LogP contribution in [-0.4, -0.2) is 18.9 Å². The Morgan fingerprint density at radius 1 is 0.939 bits per heavy atom. The Morgan fingerprint density at radius 3 is 2.30 bits per heavy atom. The van der Waals surface area contributed by atoms with Gasteiger partial charge in [-0.15, -0.1) is 0 Å². The van der Waals surface area contributed by atoms with Crippen molar-refractivity contribution in [3.05, 3.63) is 82.4 Å². The summed E-state index contributed by atoms with van der Waals surface area (Å²) in [7, 11) is 0. The first-order chi connectivity index (χ1) is 15.7. The molecule has 1 nitrogen and oxygen atoms in total. The number of halogens is 5. The average molecular weight is 458 g/mol. The topological polar surface area (TPSA) is 9.23 Å². The van der Waals surface area contributed by atoms with Crippen molar-refractivity contribution in [2.45, 2.75) is 50.8 Å². The Morgan fingerprint density at radius 2 is 1.64 bits per heavy atom. The molecule has 0 aromatic heterocycles. The van der Waals surface area contributed by atoms with E-state index < -0.39 is 23.4 Å². The third-order valence-electron chi connectivity index (χ3n) is 6.08. The van der Waals surface area contributed by atoms with Gasteiger partial charge in [-0.05, 0) is 60.7 Å². The Bertz CT molecular complexity index is 1190. The number of rotatable bonds is 4. The maximum absolute atomic E-state index is 14.6. The normalized spacial score (nSPS) is 18.7. The minimum absolute atomic E-state index is 0.0417. The van der Waals surface area contributed by atoms with Gasteiger partial charge in [-0.3, -0.25) is 0 Å². The van der Waals surface area contributed by atoms with E-state index in [1.807, 2.05) is 0 Å². The summed E-state index contributed by atoms with van der Waals surface area (Å²) in [6, 6.07) is 14.3. The van der Waals surface area contributed by atoms with Crippen LogP contribution in [0.5, 0.6) is 0 Å². The van der Waals surface area contributed by atoms with E-state index in [9.17, 15) is 22.0 Å². The molecule has 1 aliphatic rings. The SMILES string of the molecule is CC1CCC(c2ccc(CCc3ccc4c(F)c(C#CC(F)(F)F)c(F)cc4c3)cc2)CO1. The lowest BCUT2D eigenvalue weighted by Crippen LogP contribution is -2.22. The van der Waals surface area contributed by atoms with Gasteiger partial charge in [-0.25, -0.2) is 8.78 Å². The lowest BCUT2D eigenvalue weighted by Gasteiger charge is -2.27. The monoisotopic (exact) mass is 458 g/mol. The second-order valence-electron chi connectivity index (χ2n) is 8.51. The summed E-state index contributed by atoms with van der Waals surface area (Å²) < 4.78 is 71.5. The molecule has 1 saturated heterocycles. The molecule has 2 atom stereocenters. The highest BCUT2D eigenvalue weighted by Crippen LogP contribution is 2.29. The lowest BCUT2D eigenvalue weighted by molar-refractivity contribution is -0.0696. The summed E-state index contributed by atoms with van der Waals surface area (Å²) >= 11 is 0. The molecule has 1 aliphatic heterocycles. The fraction of sp³-hybridized carbons (Fsp3) is 0.333. The molecular formula is C27H23F5O. The minimum atomic E-state index is -4.82. The zero-order valence-electron chi connectivity index (χ0n) is 18.1. The zero-order chi connectivity index (χ0) is 23.6. The van der Waals surface area contributed by atoms with Crippen LogP contribution in [0.3, 0.4) is 0 Å². The van der Waals surface area contributed by atoms with Gasteiger partial charge in [0, 0.05) is 17.2 Å². The molecule has 172 valence electrons. The molecule has 0 amide bonds. The van der Waals surface area contributed by atoms with Crippen LogP contribution in [0.2, 0.25) is 0 Å². The molecule has 33 heavy (non-hydrogen) atoms. The number of aryl methyl sites for hydroxylation is 2. The van der Waals surface area contributed by atoms with Gasteiger partial charge in [0.25, 0.3) is 0 Å². The van der Waals surface area contributed by atoms with Crippen LogP contribution in [0.25, 0.3) is 10.8 Å². The van der Waals surface area contributed by atoms with Crippen LogP contribution in [0.15, 0.2) is 48.5 Å². The van der Waals surface area contributed by atoms with E-state index in [1.165, 1.54) is 11.6 Å². The number of alkyl halides is 3. The molecule has 0 N–H and O–H groups in total. The maximum Gasteiger partial charge on any atom is 0.458 e. The molecular weight excluding hydrogens is 435 g/mol. The Kier molecular flexibility index (Phi) is 6.71. The quantitative estimate of drug-likeness (QED) is 0.299. The number of fused-ring (bicyclic) bond motifs is 1. The van der Waals surface area contributed by atoms with E-state index in [-0.39, 0.29) is 5.39 Å². The van der Waals surface area contributed by atoms with Gasteiger partial charge < -0.3 is 4.74 Å². The molecule has 4 rings (SSSR count). The van der Waals surface area contributed by atoms with Gasteiger partial charge in [0.15, 0.2) is 0 Å². The van der Waals surface area contributed by atoms with E-state index in [1.54, 1.807) is 18.1 Å². The van der Waals surface area contributed by atoms with Gasteiger partial charge in [0.2, 0.25) is 0 Å². The third kappa shape index (κ3) is 5.72. The maximum atomic E-state index is 14.6. The molecule has 0 radical (unpaired) electrons. The van der Waals surface area contributed by atoms with Crippen molar-refractivity contribution in [2.75, 3.05) is 6.61 Å². The number of hydrogen-bond acceptors (Lipinski definition) is 1. The molecule has 2 unspecified atom stereocenters. The second-order valence-corrected chi connectivity index (χ2v) is 8.51. The predicted molar refractivity (Wildman–Crippen MR) is 118 cm³/mol. The van der Waals surface area contributed by atoms with Crippen molar-refractivity contribution >= 4 is 10.8 Å². The molecule has 3 aromatic rings. The number of benzene rings is 3.